The first-order valence-electron chi connectivity index (χ1n) is 6.31. The molecular weight excluding hydrogens is 382 g/mol. The summed E-state index contributed by atoms with van der Waals surface area (Å²) in [7, 11) is 0. The molecule has 2 rings (SSSR count). The Morgan fingerprint density at radius 2 is 1.90 bits per heavy atom. The van der Waals surface area contributed by atoms with Gasteiger partial charge in [-0.2, -0.15) is 0 Å². The lowest BCUT2D eigenvalue weighted by Crippen LogP contribution is -2.27. The molecule has 0 fully saturated rings. The molecule has 0 radical (unpaired) electrons. The SMILES string of the molecule is Cc1ccc(Br)cc1C(=O)NCC(Br)c1ccccc1. The van der Waals surface area contributed by atoms with Crippen LogP contribution in [0.25, 0.3) is 0 Å². The van der Waals surface area contributed by atoms with E-state index in [4.69, 9.17) is 0 Å². The molecule has 0 aromatic heterocycles. The van der Waals surface area contributed by atoms with E-state index in [1.165, 1.54) is 0 Å². The number of nitrogens with one attached hydrogen (secondary N) is 1. The molecule has 104 valence electrons. The van der Waals surface area contributed by atoms with E-state index in [-0.39, 0.29) is 10.7 Å². The van der Waals surface area contributed by atoms with Crippen molar-refractivity contribution < 1.29 is 4.79 Å². The maximum absolute atomic E-state index is 12.2. The van der Waals surface area contributed by atoms with Crippen LogP contribution >= 0.6 is 31.9 Å². The van der Waals surface area contributed by atoms with Gasteiger partial charge in [0, 0.05) is 16.6 Å². The fraction of sp³-hybridized carbons (Fsp3) is 0.188. The summed E-state index contributed by atoms with van der Waals surface area (Å²) < 4.78 is 0.909. The van der Waals surface area contributed by atoms with Gasteiger partial charge in [-0.15, -0.1) is 0 Å². The minimum absolute atomic E-state index is 0.0517. The van der Waals surface area contributed by atoms with Crippen molar-refractivity contribution in [3.05, 3.63) is 69.7 Å². The van der Waals surface area contributed by atoms with Crippen molar-refractivity contribution in [2.24, 2.45) is 0 Å². The van der Waals surface area contributed by atoms with Crippen LogP contribution in [0.4, 0.5) is 0 Å². The van der Waals surface area contributed by atoms with Crippen molar-refractivity contribution in [2.45, 2.75) is 11.8 Å². The number of alkyl halides is 1. The fourth-order valence-electron chi connectivity index (χ4n) is 1.90. The molecule has 0 spiro atoms. The predicted molar refractivity (Wildman–Crippen MR) is 89.3 cm³/mol. The van der Waals surface area contributed by atoms with Crippen molar-refractivity contribution in [1.29, 1.82) is 0 Å². The van der Waals surface area contributed by atoms with Crippen molar-refractivity contribution >= 4 is 37.8 Å². The molecule has 1 N–H and O–H groups in total. The van der Waals surface area contributed by atoms with Crippen LogP contribution in [0.5, 0.6) is 0 Å². The first-order chi connectivity index (χ1) is 9.58. The van der Waals surface area contributed by atoms with E-state index in [0.717, 1.165) is 15.6 Å². The van der Waals surface area contributed by atoms with Gasteiger partial charge in [0.15, 0.2) is 0 Å². The molecule has 20 heavy (non-hydrogen) atoms. The molecule has 2 nitrogen and oxygen atoms in total. The standard InChI is InChI=1S/C16H15Br2NO/c1-11-7-8-13(17)9-14(11)16(20)19-10-15(18)12-5-3-2-4-6-12/h2-9,15H,10H2,1H3,(H,19,20). The molecule has 0 aliphatic rings. The van der Waals surface area contributed by atoms with Gasteiger partial charge < -0.3 is 5.32 Å². The molecule has 2 aromatic carbocycles. The summed E-state index contributed by atoms with van der Waals surface area (Å²) in [5, 5.41) is 2.96. The molecule has 2 aromatic rings. The number of halogens is 2. The molecule has 0 aliphatic heterocycles. The number of carbonyl (C=O) groups excluding carboxylic acids is 1. The quantitative estimate of drug-likeness (QED) is 0.750. The van der Waals surface area contributed by atoms with E-state index >= 15 is 0 Å². The summed E-state index contributed by atoms with van der Waals surface area (Å²) in [4.78, 5) is 12.3. The number of benzene rings is 2. The highest BCUT2D eigenvalue weighted by Crippen LogP contribution is 2.21. The van der Waals surface area contributed by atoms with Gasteiger partial charge in [0.1, 0.15) is 0 Å². The topological polar surface area (TPSA) is 29.1 Å². The zero-order valence-electron chi connectivity index (χ0n) is 11.1. The molecular formula is C16H15Br2NO. The second kappa shape index (κ2) is 7.04. The van der Waals surface area contributed by atoms with E-state index in [1.807, 2.05) is 55.5 Å². The van der Waals surface area contributed by atoms with Gasteiger partial charge in [0.05, 0.1) is 4.83 Å². The van der Waals surface area contributed by atoms with Crippen LogP contribution < -0.4 is 5.32 Å². The Bertz CT molecular complexity index is 599. The molecule has 1 unspecified atom stereocenters. The average Bonchev–Trinajstić information content (AvgIpc) is 2.47. The third-order valence-corrected chi connectivity index (χ3v) is 4.39. The molecule has 0 heterocycles. The summed E-state index contributed by atoms with van der Waals surface area (Å²) in [6.07, 6.45) is 0. The van der Waals surface area contributed by atoms with Crippen LogP contribution in [0, 0.1) is 6.92 Å². The number of hydrogen-bond donors (Lipinski definition) is 1. The number of hydrogen-bond acceptors (Lipinski definition) is 1. The number of amides is 1. The van der Waals surface area contributed by atoms with Crippen molar-refractivity contribution in [3.63, 3.8) is 0 Å². The molecule has 4 heteroatoms. The second-order valence-corrected chi connectivity index (χ2v) is 6.57. The Morgan fingerprint density at radius 1 is 1.20 bits per heavy atom. The van der Waals surface area contributed by atoms with Gasteiger partial charge in [0.2, 0.25) is 0 Å². The lowest BCUT2D eigenvalue weighted by Gasteiger charge is -2.12. The monoisotopic (exact) mass is 395 g/mol. The fourth-order valence-corrected chi connectivity index (χ4v) is 2.72. The second-order valence-electron chi connectivity index (χ2n) is 4.55. The van der Waals surface area contributed by atoms with Crippen LogP contribution in [0.3, 0.4) is 0 Å². The molecule has 0 saturated carbocycles. The number of carbonyl (C=O) groups is 1. The van der Waals surface area contributed by atoms with Gasteiger partial charge in [0.25, 0.3) is 5.91 Å². The minimum Gasteiger partial charge on any atom is -0.351 e. The largest absolute Gasteiger partial charge is 0.351 e. The highest BCUT2D eigenvalue weighted by Gasteiger charge is 2.12. The van der Waals surface area contributed by atoms with Gasteiger partial charge >= 0.3 is 0 Å². The zero-order valence-corrected chi connectivity index (χ0v) is 14.2. The van der Waals surface area contributed by atoms with Crippen LogP contribution in [0.2, 0.25) is 0 Å². The van der Waals surface area contributed by atoms with Crippen molar-refractivity contribution in [2.75, 3.05) is 6.54 Å². The van der Waals surface area contributed by atoms with Gasteiger partial charge in [-0.1, -0.05) is 68.3 Å². The smallest absolute Gasteiger partial charge is 0.251 e. The van der Waals surface area contributed by atoms with E-state index in [1.54, 1.807) is 0 Å². The lowest BCUT2D eigenvalue weighted by atomic mass is 10.1. The first-order valence-corrected chi connectivity index (χ1v) is 8.02. The third kappa shape index (κ3) is 3.93. The Balaban J connectivity index is 2.00. The molecule has 0 bridgehead atoms. The van der Waals surface area contributed by atoms with Gasteiger partial charge in [-0.25, -0.2) is 0 Å². The maximum Gasteiger partial charge on any atom is 0.251 e. The van der Waals surface area contributed by atoms with Gasteiger partial charge in [-0.05, 0) is 30.2 Å². The Kier molecular flexibility index (Phi) is 5.38. The van der Waals surface area contributed by atoms with E-state index in [2.05, 4.69) is 37.2 Å². The average molecular weight is 397 g/mol. The molecule has 0 aliphatic carbocycles. The van der Waals surface area contributed by atoms with Crippen LogP contribution in [-0.2, 0) is 0 Å². The Morgan fingerprint density at radius 3 is 2.60 bits per heavy atom. The number of aryl methyl sites for hydroxylation is 1. The van der Waals surface area contributed by atoms with E-state index in [9.17, 15) is 4.79 Å². The Hall–Kier alpha value is -1.13. The highest BCUT2D eigenvalue weighted by atomic mass is 79.9. The van der Waals surface area contributed by atoms with E-state index in [0.29, 0.717) is 12.1 Å². The summed E-state index contributed by atoms with van der Waals surface area (Å²) in [6.45, 7) is 2.49. The lowest BCUT2D eigenvalue weighted by molar-refractivity contribution is 0.0953. The zero-order chi connectivity index (χ0) is 14.5. The van der Waals surface area contributed by atoms with Crippen molar-refractivity contribution in [3.8, 4) is 0 Å². The van der Waals surface area contributed by atoms with Crippen LogP contribution in [0.15, 0.2) is 53.0 Å². The van der Waals surface area contributed by atoms with E-state index < -0.39 is 0 Å². The van der Waals surface area contributed by atoms with Gasteiger partial charge in [-0.3, -0.25) is 4.79 Å². The number of rotatable bonds is 4. The van der Waals surface area contributed by atoms with Crippen LogP contribution in [-0.4, -0.2) is 12.5 Å². The molecule has 1 atom stereocenters. The third-order valence-electron chi connectivity index (χ3n) is 3.05. The summed E-state index contributed by atoms with van der Waals surface area (Å²) in [5.41, 5.74) is 2.82. The predicted octanol–water partition coefficient (Wildman–Crippen LogP) is 4.62. The summed E-state index contributed by atoms with van der Waals surface area (Å²) in [5.74, 6) is -0.0517. The van der Waals surface area contributed by atoms with Crippen LogP contribution in [0.1, 0.15) is 26.3 Å². The highest BCUT2D eigenvalue weighted by molar-refractivity contribution is 9.10. The molecule has 1 amide bonds. The van der Waals surface area contributed by atoms with Crippen molar-refractivity contribution in [1.82, 2.24) is 5.32 Å². The normalized spacial score (nSPS) is 11.9. The summed E-state index contributed by atoms with van der Waals surface area (Å²) in [6, 6.07) is 15.7. The summed E-state index contributed by atoms with van der Waals surface area (Å²) >= 11 is 6.99. The minimum atomic E-state index is -0.0517. The molecule has 0 saturated heterocycles. The Labute approximate surface area is 135 Å². The first kappa shape index (κ1) is 15.3. The maximum atomic E-state index is 12.2.